The van der Waals surface area contributed by atoms with Crippen LogP contribution in [0.5, 0.6) is 0 Å². The van der Waals surface area contributed by atoms with Crippen molar-refractivity contribution in [3.63, 3.8) is 0 Å². The zero-order chi connectivity index (χ0) is 25.5. The molecule has 0 saturated carbocycles. The first kappa shape index (κ1) is 26.1. The van der Waals surface area contributed by atoms with E-state index in [1.807, 2.05) is 12.1 Å². The van der Waals surface area contributed by atoms with Crippen LogP contribution in [0.25, 0.3) is 0 Å². The van der Waals surface area contributed by atoms with Gasteiger partial charge in [0.2, 0.25) is 0 Å². The van der Waals surface area contributed by atoms with Crippen LogP contribution < -0.4 is 0 Å². The highest BCUT2D eigenvalue weighted by Crippen LogP contribution is 2.26. The number of likely N-dealkylation sites (tertiary alicyclic amines) is 1. The third-order valence-corrected chi connectivity index (χ3v) is 9.96. The van der Waals surface area contributed by atoms with Gasteiger partial charge in [0.1, 0.15) is 0 Å². The molecular weight excluding hydrogens is 476 g/mol. The van der Waals surface area contributed by atoms with Crippen molar-refractivity contribution in [2.24, 2.45) is 5.92 Å². The van der Waals surface area contributed by atoms with Gasteiger partial charge >= 0.3 is 0 Å². The third kappa shape index (κ3) is 7.31. The Kier molecular flexibility index (Phi) is 8.75. The largest absolute Gasteiger partial charge is 0.299 e. The zero-order valence-electron chi connectivity index (χ0n) is 21.9. The van der Waals surface area contributed by atoms with E-state index in [0.29, 0.717) is 10.8 Å². The first-order valence-corrected chi connectivity index (χ1v) is 15.6. The second-order valence-corrected chi connectivity index (χ2v) is 13.0. The lowest BCUT2D eigenvalue weighted by Crippen LogP contribution is -2.33. The Morgan fingerprint density at radius 3 is 1.86 bits per heavy atom. The molecule has 2 aliphatic rings. The molecule has 196 valence electrons. The summed E-state index contributed by atoms with van der Waals surface area (Å²) in [6, 6.07) is 27.1. The van der Waals surface area contributed by atoms with Gasteiger partial charge in [-0.2, -0.15) is 0 Å². The van der Waals surface area contributed by atoms with Crippen molar-refractivity contribution in [2.45, 2.75) is 56.5 Å². The van der Waals surface area contributed by atoms with Gasteiger partial charge < -0.3 is 0 Å². The summed E-state index contributed by atoms with van der Waals surface area (Å²) in [6.07, 6.45) is 6.00. The van der Waals surface area contributed by atoms with Gasteiger partial charge in [-0.15, -0.1) is 0 Å². The van der Waals surface area contributed by atoms with Gasteiger partial charge in [0.25, 0.3) is 0 Å². The number of fused-ring (bicyclic) bond motifs is 1. The number of benzene rings is 3. The highest BCUT2D eigenvalue weighted by molar-refractivity contribution is 7.91. The summed E-state index contributed by atoms with van der Waals surface area (Å²) in [7, 11) is -3.24. The Hall–Kier alpha value is -2.47. The standard InChI is InChI=1S/C32H40N2O2S/c35-37(36,23-7-12-27-15-19-33(20-16-27)25-28-8-3-1-4-9-28)32-14-13-30-17-21-34(22-18-31(30)24-32)26-29-10-5-2-6-11-29/h1-6,8-11,13-14,24,27H,7,12,15-23,25-26H2. The van der Waals surface area contributed by atoms with Crippen molar-refractivity contribution in [3.05, 3.63) is 101 Å². The maximum absolute atomic E-state index is 13.2. The molecule has 3 aromatic rings. The average Bonchev–Trinajstić information content (AvgIpc) is 3.13. The minimum Gasteiger partial charge on any atom is -0.299 e. The second kappa shape index (κ2) is 12.4. The normalized spacial score (nSPS) is 17.8. The Balaban J connectivity index is 1.09. The van der Waals surface area contributed by atoms with Crippen LogP contribution in [0.2, 0.25) is 0 Å². The van der Waals surface area contributed by atoms with E-state index in [1.165, 1.54) is 35.1 Å². The number of hydrogen-bond donors (Lipinski definition) is 0. The van der Waals surface area contributed by atoms with Crippen LogP contribution >= 0.6 is 0 Å². The van der Waals surface area contributed by atoms with E-state index in [-0.39, 0.29) is 5.75 Å². The Bertz CT molecular complexity index is 1240. The Labute approximate surface area is 223 Å². The lowest BCUT2D eigenvalue weighted by Gasteiger charge is -2.32. The van der Waals surface area contributed by atoms with Gasteiger partial charge in [-0.25, -0.2) is 8.42 Å². The lowest BCUT2D eigenvalue weighted by atomic mass is 9.92. The number of nitrogens with zero attached hydrogens (tertiary/aromatic N) is 2. The van der Waals surface area contributed by atoms with E-state index in [9.17, 15) is 8.42 Å². The molecule has 3 aromatic carbocycles. The first-order chi connectivity index (χ1) is 18.0. The van der Waals surface area contributed by atoms with Crippen LogP contribution in [-0.2, 0) is 35.8 Å². The van der Waals surface area contributed by atoms with Gasteiger partial charge in [-0.1, -0.05) is 66.7 Å². The van der Waals surface area contributed by atoms with Crippen molar-refractivity contribution < 1.29 is 8.42 Å². The first-order valence-electron chi connectivity index (χ1n) is 13.9. The predicted molar refractivity (Wildman–Crippen MR) is 151 cm³/mol. The van der Waals surface area contributed by atoms with Gasteiger partial charge in [0.15, 0.2) is 9.84 Å². The SMILES string of the molecule is O=S(=O)(CCCC1CCN(Cc2ccccc2)CC1)c1ccc2c(c1)CCN(Cc1ccccc1)CC2. The van der Waals surface area contributed by atoms with E-state index in [4.69, 9.17) is 0 Å². The summed E-state index contributed by atoms with van der Waals surface area (Å²) < 4.78 is 26.4. The number of rotatable bonds is 9. The minimum atomic E-state index is -3.24. The number of sulfone groups is 1. The fraction of sp³-hybridized carbons (Fsp3) is 0.438. The summed E-state index contributed by atoms with van der Waals surface area (Å²) in [4.78, 5) is 5.52. The zero-order valence-corrected chi connectivity index (χ0v) is 22.7. The Morgan fingerprint density at radius 1 is 0.676 bits per heavy atom. The van der Waals surface area contributed by atoms with Crippen LogP contribution in [0.15, 0.2) is 83.8 Å². The molecule has 2 heterocycles. The van der Waals surface area contributed by atoms with Crippen LogP contribution in [0.3, 0.4) is 0 Å². The van der Waals surface area contributed by atoms with Crippen LogP contribution in [0, 0.1) is 5.92 Å². The highest BCUT2D eigenvalue weighted by atomic mass is 32.2. The smallest absolute Gasteiger partial charge is 0.178 e. The van der Waals surface area contributed by atoms with Crippen molar-refractivity contribution >= 4 is 9.84 Å². The van der Waals surface area contributed by atoms with Crippen LogP contribution in [0.1, 0.15) is 47.9 Å². The van der Waals surface area contributed by atoms with Crippen molar-refractivity contribution in [3.8, 4) is 0 Å². The predicted octanol–water partition coefficient (Wildman–Crippen LogP) is 5.75. The summed E-state index contributed by atoms with van der Waals surface area (Å²) in [5, 5.41) is 0. The molecule has 0 aliphatic carbocycles. The fourth-order valence-electron chi connectivity index (χ4n) is 5.90. The van der Waals surface area contributed by atoms with Crippen molar-refractivity contribution in [1.82, 2.24) is 9.80 Å². The summed E-state index contributed by atoms with van der Waals surface area (Å²) in [6.45, 7) is 6.17. The molecule has 0 aromatic heterocycles. The van der Waals surface area contributed by atoms with Crippen LogP contribution in [0.4, 0.5) is 0 Å². The molecular formula is C32H40N2O2S. The maximum Gasteiger partial charge on any atom is 0.178 e. The molecule has 2 aliphatic heterocycles. The van der Waals surface area contributed by atoms with E-state index in [0.717, 1.165) is 65.0 Å². The third-order valence-electron chi connectivity index (χ3n) is 8.16. The van der Waals surface area contributed by atoms with Crippen molar-refractivity contribution in [2.75, 3.05) is 31.9 Å². The molecule has 0 spiro atoms. The molecule has 4 nitrogen and oxygen atoms in total. The van der Waals surface area contributed by atoms with Crippen LogP contribution in [-0.4, -0.2) is 50.1 Å². The molecule has 37 heavy (non-hydrogen) atoms. The molecule has 5 heteroatoms. The minimum absolute atomic E-state index is 0.260. The molecule has 0 amide bonds. The average molecular weight is 517 g/mol. The highest BCUT2D eigenvalue weighted by Gasteiger charge is 2.22. The van der Waals surface area contributed by atoms with Gasteiger partial charge in [-0.3, -0.25) is 9.80 Å². The molecule has 0 N–H and O–H groups in total. The monoisotopic (exact) mass is 516 g/mol. The summed E-state index contributed by atoms with van der Waals surface area (Å²) in [5.41, 5.74) is 5.22. The van der Waals surface area contributed by atoms with E-state index >= 15 is 0 Å². The van der Waals surface area contributed by atoms with E-state index in [1.54, 1.807) is 0 Å². The molecule has 0 bridgehead atoms. The lowest BCUT2D eigenvalue weighted by molar-refractivity contribution is 0.172. The number of hydrogen-bond acceptors (Lipinski definition) is 4. The molecule has 1 fully saturated rings. The van der Waals surface area contributed by atoms with E-state index in [2.05, 4.69) is 76.5 Å². The molecule has 0 unspecified atom stereocenters. The molecule has 5 rings (SSSR count). The topological polar surface area (TPSA) is 40.6 Å². The van der Waals surface area contributed by atoms with Crippen molar-refractivity contribution in [1.29, 1.82) is 0 Å². The van der Waals surface area contributed by atoms with Gasteiger partial charge in [-0.05, 0) is 91.9 Å². The molecule has 0 atom stereocenters. The quantitative estimate of drug-likeness (QED) is 0.363. The van der Waals surface area contributed by atoms with Gasteiger partial charge in [0, 0.05) is 26.2 Å². The summed E-state index contributed by atoms with van der Waals surface area (Å²) in [5.74, 6) is 0.903. The summed E-state index contributed by atoms with van der Waals surface area (Å²) >= 11 is 0. The molecule has 0 radical (unpaired) electrons. The van der Waals surface area contributed by atoms with Gasteiger partial charge in [0.05, 0.1) is 10.6 Å². The molecule has 1 saturated heterocycles. The maximum atomic E-state index is 13.2. The van der Waals surface area contributed by atoms with E-state index < -0.39 is 9.84 Å². The number of piperidine rings is 1. The Morgan fingerprint density at radius 2 is 1.24 bits per heavy atom. The second-order valence-electron chi connectivity index (χ2n) is 10.9. The fourth-order valence-corrected chi connectivity index (χ4v) is 7.28.